The lowest BCUT2D eigenvalue weighted by Crippen LogP contribution is -2.22. The fraction of sp³-hybridized carbons (Fsp3) is 0.389. The number of benzene rings is 1. The van der Waals surface area contributed by atoms with Crippen molar-refractivity contribution in [2.24, 2.45) is 0 Å². The third kappa shape index (κ3) is 3.07. The van der Waals surface area contributed by atoms with E-state index in [0.717, 1.165) is 48.0 Å². The summed E-state index contributed by atoms with van der Waals surface area (Å²) in [7, 11) is 0. The monoisotopic (exact) mass is 357 g/mol. The minimum Gasteiger partial charge on any atom is -0.393 e. The van der Waals surface area contributed by atoms with Crippen LogP contribution in [-0.2, 0) is 6.42 Å². The molecule has 0 bridgehead atoms. The van der Waals surface area contributed by atoms with Crippen molar-refractivity contribution in [3.63, 3.8) is 0 Å². The molecule has 0 aliphatic heterocycles. The minimum absolute atomic E-state index is 0.208. The van der Waals surface area contributed by atoms with Crippen molar-refractivity contribution in [2.75, 3.05) is 5.73 Å². The second-order valence-corrected chi connectivity index (χ2v) is 6.99. The van der Waals surface area contributed by atoms with Gasteiger partial charge in [0.1, 0.15) is 12.1 Å². The molecule has 2 aromatic heterocycles. The zero-order valence-corrected chi connectivity index (χ0v) is 14.5. The molecule has 6 nitrogen and oxygen atoms in total. The van der Waals surface area contributed by atoms with Crippen LogP contribution in [0.2, 0.25) is 5.02 Å². The summed E-state index contributed by atoms with van der Waals surface area (Å²) >= 11 is 6.31. The van der Waals surface area contributed by atoms with E-state index >= 15 is 0 Å². The third-order valence-corrected chi connectivity index (χ3v) is 5.29. The molecule has 1 saturated carbocycles. The van der Waals surface area contributed by atoms with Crippen LogP contribution < -0.4 is 5.73 Å². The standard InChI is InChI=1S/C18H20ClN5O/c19-14-4-2-1-3-11(14)9-15-16-17(20)21-10-22-18(16)24(23-15)12-5-7-13(25)8-6-12/h1-4,10,12-13,25H,5-9H2,(H2,20,21,22). The molecule has 0 radical (unpaired) electrons. The zero-order chi connectivity index (χ0) is 17.4. The Labute approximate surface area is 150 Å². The molecule has 130 valence electrons. The number of hydrogen-bond acceptors (Lipinski definition) is 5. The summed E-state index contributed by atoms with van der Waals surface area (Å²) < 4.78 is 1.96. The number of aliphatic hydroxyl groups is 1. The van der Waals surface area contributed by atoms with Gasteiger partial charge >= 0.3 is 0 Å². The fourth-order valence-corrected chi connectivity index (χ4v) is 3.77. The topological polar surface area (TPSA) is 89.9 Å². The number of hydrogen-bond donors (Lipinski definition) is 2. The van der Waals surface area contributed by atoms with E-state index in [2.05, 4.69) is 9.97 Å². The number of aromatic nitrogens is 4. The maximum Gasteiger partial charge on any atom is 0.163 e. The second-order valence-electron chi connectivity index (χ2n) is 6.58. The number of fused-ring (bicyclic) bond motifs is 1. The molecule has 1 aliphatic carbocycles. The molecule has 3 aromatic rings. The Balaban J connectivity index is 1.78. The lowest BCUT2D eigenvalue weighted by Gasteiger charge is -2.25. The zero-order valence-electron chi connectivity index (χ0n) is 13.8. The quantitative estimate of drug-likeness (QED) is 0.751. The van der Waals surface area contributed by atoms with Gasteiger partial charge in [-0.1, -0.05) is 29.8 Å². The molecule has 25 heavy (non-hydrogen) atoms. The van der Waals surface area contributed by atoms with Crippen molar-refractivity contribution in [3.8, 4) is 0 Å². The molecule has 0 spiro atoms. The van der Waals surface area contributed by atoms with Crippen LogP contribution in [-0.4, -0.2) is 31.0 Å². The molecule has 0 saturated heterocycles. The summed E-state index contributed by atoms with van der Waals surface area (Å²) in [6.45, 7) is 0. The summed E-state index contributed by atoms with van der Waals surface area (Å²) in [6.07, 6.45) is 5.18. The predicted octanol–water partition coefficient (Wildman–Crippen LogP) is 3.13. The first-order valence-electron chi connectivity index (χ1n) is 8.52. The number of nitrogen functional groups attached to an aromatic ring is 1. The highest BCUT2D eigenvalue weighted by Gasteiger charge is 2.25. The number of halogens is 1. The molecule has 1 aromatic carbocycles. The van der Waals surface area contributed by atoms with Crippen LogP contribution in [0.3, 0.4) is 0 Å². The van der Waals surface area contributed by atoms with E-state index < -0.39 is 0 Å². The van der Waals surface area contributed by atoms with Crippen molar-refractivity contribution in [1.82, 2.24) is 19.7 Å². The highest BCUT2D eigenvalue weighted by atomic mass is 35.5. The molecule has 3 N–H and O–H groups in total. The summed E-state index contributed by atoms with van der Waals surface area (Å²) in [5.74, 6) is 0.439. The summed E-state index contributed by atoms with van der Waals surface area (Å²) in [6, 6.07) is 7.96. The lowest BCUT2D eigenvalue weighted by molar-refractivity contribution is 0.108. The Morgan fingerprint density at radius 1 is 1.16 bits per heavy atom. The van der Waals surface area contributed by atoms with Gasteiger partial charge in [0, 0.05) is 11.4 Å². The van der Waals surface area contributed by atoms with E-state index in [-0.39, 0.29) is 12.1 Å². The van der Waals surface area contributed by atoms with Crippen LogP contribution in [0.4, 0.5) is 5.82 Å². The van der Waals surface area contributed by atoms with Gasteiger partial charge in [-0.2, -0.15) is 5.10 Å². The number of aliphatic hydroxyl groups excluding tert-OH is 1. The molecule has 0 amide bonds. The Morgan fingerprint density at radius 3 is 2.68 bits per heavy atom. The maximum absolute atomic E-state index is 9.77. The Bertz CT molecular complexity index is 902. The van der Waals surface area contributed by atoms with Crippen molar-refractivity contribution < 1.29 is 5.11 Å². The molecular formula is C18H20ClN5O. The summed E-state index contributed by atoms with van der Waals surface area (Å²) in [4.78, 5) is 8.58. The first kappa shape index (κ1) is 16.3. The van der Waals surface area contributed by atoms with Crippen LogP contribution in [0.5, 0.6) is 0 Å². The van der Waals surface area contributed by atoms with Gasteiger partial charge in [-0.25, -0.2) is 14.6 Å². The third-order valence-electron chi connectivity index (χ3n) is 4.92. The van der Waals surface area contributed by atoms with Gasteiger partial charge in [-0.05, 0) is 37.3 Å². The van der Waals surface area contributed by atoms with Gasteiger partial charge < -0.3 is 10.8 Å². The first-order valence-corrected chi connectivity index (χ1v) is 8.90. The molecule has 7 heteroatoms. The smallest absolute Gasteiger partial charge is 0.163 e. The highest BCUT2D eigenvalue weighted by Crippen LogP contribution is 2.33. The highest BCUT2D eigenvalue weighted by molar-refractivity contribution is 6.31. The van der Waals surface area contributed by atoms with Crippen LogP contribution in [0.1, 0.15) is 43.0 Å². The SMILES string of the molecule is Nc1ncnc2c1c(Cc1ccccc1Cl)nn2C1CCC(O)CC1. The van der Waals surface area contributed by atoms with Crippen molar-refractivity contribution in [1.29, 1.82) is 0 Å². The molecule has 4 rings (SSSR count). The molecule has 0 unspecified atom stereocenters. The average molecular weight is 358 g/mol. The first-order chi connectivity index (χ1) is 12.1. The number of nitrogens with zero attached hydrogens (tertiary/aromatic N) is 4. The van der Waals surface area contributed by atoms with Gasteiger partial charge in [0.05, 0.1) is 23.2 Å². The predicted molar refractivity (Wildman–Crippen MR) is 97.5 cm³/mol. The maximum atomic E-state index is 9.77. The van der Waals surface area contributed by atoms with Gasteiger partial charge in [-0.15, -0.1) is 0 Å². The van der Waals surface area contributed by atoms with Crippen LogP contribution in [0.25, 0.3) is 11.0 Å². The van der Waals surface area contributed by atoms with Gasteiger partial charge in [0.25, 0.3) is 0 Å². The fourth-order valence-electron chi connectivity index (χ4n) is 3.57. The summed E-state index contributed by atoms with van der Waals surface area (Å²) in [5.41, 5.74) is 8.73. The largest absolute Gasteiger partial charge is 0.393 e. The van der Waals surface area contributed by atoms with E-state index in [1.54, 1.807) is 0 Å². The number of nitrogens with two attached hydrogens (primary N) is 1. The van der Waals surface area contributed by atoms with Gasteiger partial charge in [-0.3, -0.25) is 0 Å². The second kappa shape index (κ2) is 6.61. The van der Waals surface area contributed by atoms with Gasteiger partial charge in [0.15, 0.2) is 5.65 Å². The molecule has 2 heterocycles. The van der Waals surface area contributed by atoms with Crippen molar-refractivity contribution in [3.05, 3.63) is 46.9 Å². The lowest BCUT2D eigenvalue weighted by atomic mass is 9.93. The van der Waals surface area contributed by atoms with Crippen molar-refractivity contribution >= 4 is 28.5 Å². The van der Waals surface area contributed by atoms with Gasteiger partial charge in [0.2, 0.25) is 0 Å². The molecule has 1 fully saturated rings. The average Bonchev–Trinajstić information content (AvgIpc) is 2.98. The van der Waals surface area contributed by atoms with Crippen LogP contribution in [0, 0.1) is 0 Å². The number of rotatable bonds is 3. The Hall–Kier alpha value is -2.18. The van der Waals surface area contributed by atoms with Crippen molar-refractivity contribution in [2.45, 2.75) is 44.2 Å². The minimum atomic E-state index is -0.208. The van der Waals surface area contributed by atoms with E-state index in [9.17, 15) is 5.11 Å². The van der Waals surface area contributed by atoms with Crippen LogP contribution >= 0.6 is 11.6 Å². The Morgan fingerprint density at radius 2 is 1.92 bits per heavy atom. The summed E-state index contributed by atoms with van der Waals surface area (Å²) in [5, 5.41) is 16.1. The number of anilines is 1. The van der Waals surface area contributed by atoms with E-state index in [0.29, 0.717) is 17.3 Å². The Kier molecular flexibility index (Phi) is 4.31. The van der Waals surface area contributed by atoms with Crippen LogP contribution in [0.15, 0.2) is 30.6 Å². The molecule has 1 aliphatic rings. The molecular weight excluding hydrogens is 338 g/mol. The van der Waals surface area contributed by atoms with E-state index in [1.165, 1.54) is 6.33 Å². The van der Waals surface area contributed by atoms with E-state index in [4.69, 9.17) is 22.4 Å². The molecule has 0 atom stereocenters. The van der Waals surface area contributed by atoms with E-state index in [1.807, 2.05) is 28.9 Å². The normalized spacial score (nSPS) is 20.9.